The normalized spacial score (nSPS) is 15.8. The van der Waals surface area contributed by atoms with Crippen LogP contribution in [0.1, 0.15) is 28.9 Å². The summed E-state index contributed by atoms with van der Waals surface area (Å²) in [5.41, 5.74) is 14.5. The second-order valence-electron chi connectivity index (χ2n) is 10.0. The zero-order valence-electron chi connectivity index (χ0n) is 20.9. The van der Waals surface area contributed by atoms with Crippen molar-refractivity contribution in [3.05, 3.63) is 82.5 Å². The summed E-state index contributed by atoms with van der Waals surface area (Å²) in [4.78, 5) is 25.9. The minimum absolute atomic E-state index is 0.208. The molecule has 0 aromatic carbocycles. The summed E-state index contributed by atoms with van der Waals surface area (Å²) < 4.78 is 13.8. The molecule has 0 radical (unpaired) electrons. The van der Waals surface area contributed by atoms with Gasteiger partial charge in [0, 0.05) is 65.8 Å². The monoisotopic (exact) mass is 523 g/mol. The lowest BCUT2D eigenvalue weighted by atomic mass is 10.00. The second kappa shape index (κ2) is 9.11. The first-order valence-electron chi connectivity index (χ1n) is 12.8. The van der Waals surface area contributed by atoms with Crippen LogP contribution in [0.3, 0.4) is 0 Å². The quantitative estimate of drug-likeness (QED) is 0.341. The highest BCUT2D eigenvalue weighted by Gasteiger charge is 2.25. The van der Waals surface area contributed by atoms with Crippen LogP contribution in [0.5, 0.6) is 0 Å². The predicted octanol–water partition coefficient (Wildman–Crippen LogP) is 5.13. The van der Waals surface area contributed by atoms with Gasteiger partial charge in [0.2, 0.25) is 0 Å². The third kappa shape index (κ3) is 4.08. The van der Waals surface area contributed by atoms with Crippen molar-refractivity contribution in [2.24, 2.45) is 10.7 Å². The van der Waals surface area contributed by atoms with Gasteiger partial charge in [0.25, 0.3) is 0 Å². The standard InChI is InChI=1S/C29H26FN7S/c1-16-9-23(36-27(10-16)37-14-18(31)15-37)17-11-19-21(34-13-17)3-2-7-32-28(19)24-12-20-22(35-24)6-8-33-29(20)25-4-5-26(30)38-25/h4-6,8-13,18,35H,2-3,7,14-15,31H2,1H3. The number of aromatic amines is 1. The Morgan fingerprint density at radius 1 is 1.11 bits per heavy atom. The fourth-order valence-corrected chi connectivity index (χ4v) is 6.01. The fraction of sp³-hybridized carbons (Fsp3) is 0.241. The molecule has 5 aromatic heterocycles. The molecule has 0 amide bonds. The number of hydrogen-bond acceptors (Lipinski definition) is 7. The van der Waals surface area contributed by atoms with Crippen molar-refractivity contribution in [2.75, 3.05) is 24.5 Å². The number of aromatic nitrogens is 4. The van der Waals surface area contributed by atoms with E-state index in [1.807, 2.05) is 12.3 Å². The van der Waals surface area contributed by atoms with Gasteiger partial charge < -0.3 is 15.6 Å². The Hall–Kier alpha value is -3.95. The molecular weight excluding hydrogens is 497 g/mol. The molecule has 0 aliphatic carbocycles. The van der Waals surface area contributed by atoms with Crippen LogP contribution >= 0.6 is 11.3 Å². The number of anilines is 1. The number of aryl methyl sites for hydroxylation is 2. The minimum atomic E-state index is -0.222. The first-order valence-corrected chi connectivity index (χ1v) is 13.6. The summed E-state index contributed by atoms with van der Waals surface area (Å²) in [7, 11) is 0. The van der Waals surface area contributed by atoms with Gasteiger partial charge in [-0.05, 0) is 67.8 Å². The molecule has 0 unspecified atom stereocenters. The molecule has 7 rings (SSSR count). The number of aliphatic imine (C=N–C) groups is 1. The van der Waals surface area contributed by atoms with Crippen LogP contribution in [0.15, 0.2) is 59.9 Å². The average molecular weight is 524 g/mol. The van der Waals surface area contributed by atoms with Crippen molar-refractivity contribution >= 4 is 33.8 Å². The Morgan fingerprint density at radius 3 is 2.82 bits per heavy atom. The second-order valence-corrected chi connectivity index (χ2v) is 11.0. The van der Waals surface area contributed by atoms with Gasteiger partial charge in [-0.1, -0.05) is 0 Å². The molecule has 38 heavy (non-hydrogen) atoms. The third-order valence-corrected chi connectivity index (χ3v) is 8.04. The Labute approximate surface area is 223 Å². The van der Waals surface area contributed by atoms with Crippen LogP contribution < -0.4 is 10.6 Å². The number of rotatable bonds is 4. The van der Waals surface area contributed by atoms with Crippen LogP contribution in [0.25, 0.3) is 32.7 Å². The highest BCUT2D eigenvalue weighted by atomic mass is 32.1. The average Bonchev–Trinajstić information content (AvgIpc) is 3.46. The van der Waals surface area contributed by atoms with Gasteiger partial charge >= 0.3 is 0 Å². The number of thiophene rings is 1. The Bertz CT molecular complexity index is 1710. The highest BCUT2D eigenvalue weighted by molar-refractivity contribution is 7.13. The van der Waals surface area contributed by atoms with E-state index in [2.05, 4.69) is 46.1 Å². The summed E-state index contributed by atoms with van der Waals surface area (Å²) in [6.07, 6.45) is 5.48. The lowest BCUT2D eigenvalue weighted by molar-refractivity contribution is 0.514. The van der Waals surface area contributed by atoms with E-state index in [4.69, 9.17) is 20.7 Å². The number of fused-ring (bicyclic) bond motifs is 2. The Morgan fingerprint density at radius 2 is 2.00 bits per heavy atom. The van der Waals surface area contributed by atoms with Crippen LogP contribution in [0, 0.1) is 12.1 Å². The molecular formula is C29H26FN7S. The van der Waals surface area contributed by atoms with Gasteiger partial charge in [-0.3, -0.25) is 15.0 Å². The summed E-state index contributed by atoms with van der Waals surface area (Å²) in [6.45, 7) is 4.46. The molecule has 3 N–H and O–H groups in total. The number of nitrogens with two attached hydrogens (primary N) is 1. The molecule has 2 aliphatic heterocycles. The highest BCUT2D eigenvalue weighted by Crippen LogP contribution is 2.33. The lowest BCUT2D eigenvalue weighted by Crippen LogP contribution is -2.56. The summed E-state index contributed by atoms with van der Waals surface area (Å²) in [6, 6.07) is 13.9. The molecule has 0 saturated carbocycles. The minimum Gasteiger partial charge on any atom is -0.353 e. The van der Waals surface area contributed by atoms with Crippen molar-refractivity contribution in [3.63, 3.8) is 0 Å². The van der Waals surface area contributed by atoms with Crippen molar-refractivity contribution < 1.29 is 4.39 Å². The van der Waals surface area contributed by atoms with E-state index in [-0.39, 0.29) is 11.2 Å². The van der Waals surface area contributed by atoms with Crippen molar-refractivity contribution in [3.8, 4) is 21.8 Å². The smallest absolute Gasteiger partial charge is 0.177 e. The molecule has 7 heterocycles. The Balaban J connectivity index is 1.32. The van der Waals surface area contributed by atoms with Gasteiger partial charge in [-0.2, -0.15) is 4.39 Å². The van der Waals surface area contributed by atoms with E-state index in [1.54, 1.807) is 12.3 Å². The fourth-order valence-electron chi connectivity index (χ4n) is 5.27. The molecule has 1 saturated heterocycles. The first kappa shape index (κ1) is 23.2. The van der Waals surface area contributed by atoms with Crippen molar-refractivity contribution in [1.82, 2.24) is 19.9 Å². The molecule has 0 spiro atoms. The largest absolute Gasteiger partial charge is 0.353 e. The maximum Gasteiger partial charge on any atom is 0.177 e. The number of halogens is 1. The van der Waals surface area contributed by atoms with E-state index in [0.29, 0.717) is 0 Å². The van der Waals surface area contributed by atoms with Gasteiger partial charge in [-0.25, -0.2) is 4.98 Å². The maximum absolute atomic E-state index is 13.8. The van der Waals surface area contributed by atoms with Crippen molar-refractivity contribution in [1.29, 1.82) is 0 Å². The topological polar surface area (TPSA) is 96.1 Å². The lowest BCUT2D eigenvalue weighted by Gasteiger charge is -2.38. The van der Waals surface area contributed by atoms with E-state index in [1.165, 1.54) is 6.07 Å². The van der Waals surface area contributed by atoms with Gasteiger partial charge in [0.15, 0.2) is 5.13 Å². The van der Waals surface area contributed by atoms with E-state index >= 15 is 0 Å². The molecule has 9 heteroatoms. The molecule has 190 valence electrons. The van der Waals surface area contributed by atoms with Crippen molar-refractivity contribution in [2.45, 2.75) is 25.8 Å². The molecule has 1 fully saturated rings. The van der Waals surface area contributed by atoms with E-state index < -0.39 is 0 Å². The summed E-state index contributed by atoms with van der Waals surface area (Å²) in [5.74, 6) is 0.950. The van der Waals surface area contributed by atoms with Crippen LogP contribution in [0.2, 0.25) is 0 Å². The van der Waals surface area contributed by atoms with Gasteiger partial charge in [-0.15, -0.1) is 11.3 Å². The summed E-state index contributed by atoms with van der Waals surface area (Å²) in [5, 5.41) is 0.722. The number of H-pyrrole nitrogens is 1. The van der Waals surface area contributed by atoms with Crippen LogP contribution in [0.4, 0.5) is 10.2 Å². The van der Waals surface area contributed by atoms with Crippen LogP contribution in [-0.4, -0.2) is 51.3 Å². The molecule has 2 aliphatic rings. The van der Waals surface area contributed by atoms with Gasteiger partial charge in [0.05, 0.1) is 27.7 Å². The zero-order valence-corrected chi connectivity index (χ0v) is 21.7. The third-order valence-electron chi connectivity index (χ3n) is 7.16. The first-order chi connectivity index (χ1) is 18.5. The number of pyridine rings is 3. The molecule has 0 atom stereocenters. The molecule has 0 bridgehead atoms. The maximum atomic E-state index is 13.8. The van der Waals surface area contributed by atoms with Gasteiger partial charge in [0.1, 0.15) is 5.82 Å². The SMILES string of the molecule is Cc1cc(-c2cnc3c(c2)C(c2cc4c(-c5ccc(F)s5)nccc4[nH]2)=NCCC3)nc(N2CC(N)C2)c1. The number of nitrogens with one attached hydrogen (secondary N) is 1. The zero-order chi connectivity index (χ0) is 25.8. The molecule has 5 aromatic rings. The van der Waals surface area contributed by atoms with E-state index in [9.17, 15) is 4.39 Å². The molecule has 7 nitrogen and oxygen atoms in total. The number of hydrogen-bond donors (Lipinski definition) is 2. The van der Waals surface area contributed by atoms with Crippen LogP contribution in [-0.2, 0) is 6.42 Å². The Kier molecular flexibility index (Phi) is 5.56. The predicted molar refractivity (Wildman–Crippen MR) is 151 cm³/mol. The summed E-state index contributed by atoms with van der Waals surface area (Å²) >= 11 is 1.10. The number of nitrogens with zero attached hydrogens (tertiary/aromatic N) is 5. The van der Waals surface area contributed by atoms with E-state index in [0.717, 1.165) is 111 Å².